The average molecular weight is 678 g/mol. The van der Waals surface area contributed by atoms with Gasteiger partial charge in [-0.05, 0) is 61.4 Å². The standard InChI is InChI=1S/C31H31Cl3N4O7/c1-4-43-25-12-19(28-27(30(40)42-3)17(2)36-31(41)37-28)7-10-24(25)44-16-26(39)38-35-14-20-11-22(33)13-23(34)29(20)45-15-18-5-8-21(32)9-6-18/h5-14,26,28,38-39H,4,15-16H2,1-3H3,(H2,36,37,41)/b35-14+/t26-,28-/m0/s1. The van der Waals surface area contributed by atoms with Crippen molar-refractivity contribution in [2.24, 2.45) is 5.10 Å². The van der Waals surface area contributed by atoms with E-state index in [1.54, 1.807) is 56.3 Å². The Morgan fingerprint density at radius 3 is 2.51 bits per heavy atom. The largest absolute Gasteiger partial charge is 0.490 e. The summed E-state index contributed by atoms with van der Waals surface area (Å²) >= 11 is 18.5. The minimum atomic E-state index is -1.22. The molecule has 11 nitrogen and oxygen atoms in total. The molecular formula is C31H31Cl3N4O7. The molecule has 2 atom stereocenters. The van der Waals surface area contributed by atoms with E-state index in [-0.39, 0.29) is 18.8 Å². The lowest BCUT2D eigenvalue weighted by atomic mass is 9.95. The van der Waals surface area contributed by atoms with Gasteiger partial charge in [0.1, 0.15) is 19.0 Å². The molecule has 1 heterocycles. The number of aliphatic hydroxyl groups is 1. The zero-order valence-corrected chi connectivity index (χ0v) is 26.8. The third-order valence-corrected chi connectivity index (χ3v) is 7.18. The van der Waals surface area contributed by atoms with Crippen molar-refractivity contribution in [3.05, 3.63) is 97.6 Å². The highest BCUT2D eigenvalue weighted by Crippen LogP contribution is 2.35. The highest BCUT2D eigenvalue weighted by molar-refractivity contribution is 6.36. The Labute approximate surface area is 275 Å². The van der Waals surface area contributed by atoms with E-state index in [2.05, 4.69) is 21.2 Å². The fourth-order valence-electron chi connectivity index (χ4n) is 4.38. The van der Waals surface area contributed by atoms with E-state index in [0.717, 1.165) is 5.56 Å². The van der Waals surface area contributed by atoms with Gasteiger partial charge in [-0.15, -0.1) is 0 Å². The summed E-state index contributed by atoms with van der Waals surface area (Å²) in [6, 6.07) is 14.1. The number of nitrogens with one attached hydrogen (secondary N) is 3. The van der Waals surface area contributed by atoms with Gasteiger partial charge >= 0.3 is 12.0 Å². The van der Waals surface area contributed by atoms with Crippen LogP contribution in [0.4, 0.5) is 4.79 Å². The SMILES string of the molecule is CCOc1cc([C@@H]2NC(=O)NC(C)=C2C(=O)OC)ccc1OC[C@H](O)N/N=C/c1cc(Cl)cc(Cl)c1OCc1ccc(Cl)cc1. The van der Waals surface area contributed by atoms with Gasteiger partial charge in [0, 0.05) is 21.3 Å². The Hall–Kier alpha value is -4.16. The number of urea groups is 1. The lowest BCUT2D eigenvalue weighted by Crippen LogP contribution is -2.45. The third kappa shape index (κ3) is 8.95. The van der Waals surface area contributed by atoms with E-state index in [4.69, 9.17) is 53.8 Å². The molecule has 0 fully saturated rings. The summed E-state index contributed by atoms with van der Waals surface area (Å²) in [6.07, 6.45) is 0.198. The average Bonchev–Trinajstić information content (AvgIpc) is 3.00. The van der Waals surface area contributed by atoms with Crippen LogP contribution in [0.5, 0.6) is 17.2 Å². The topological polar surface area (TPSA) is 140 Å². The van der Waals surface area contributed by atoms with Crippen LogP contribution in [0.25, 0.3) is 0 Å². The minimum absolute atomic E-state index is 0.205. The van der Waals surface area contributed by atoms with Crippen LogP contribution in [-0.2, 0) is 16.1 Å². The Bertz CT molecular complexity index is 1600. The molecule has 0 aliphatic carbocycles. The minimum Gasteiger partial charge on any atom is -0.490 e. The maximum atomic E-state index is 12.5. The number of rotatable bonds is 13. The predicted octanol–water partition coefficient (Wildman–Crippen LogP) is 5.75. The first kappa shape index (κ1) is 33.7. The molecule has 4 rings (SSSR count). The molecule has 0 spiro atoms. The number of methoxy groups -OCH3 is 1. The van der Waals surface area contributed by atoms with Crippen LogP contribution in [0, 0.1) is 0 Å². The second-order valence-corrected chi connectivity index (χ2v) is 10.9. The highest BCUT2D eigenvalue weighted by Gasteiger charge is 2.32. The normalized spacial score (nSPS) is 15.3. The number of esters is 1. The molecule has 0 aromatic heterocycles. The van der Waals surface area contributed by atoms with Gasteiger partial charge in [0.15, 0.2) is 17.7 Å². The quantitative estimate of drug-likeness (QED) is 0.0777. The zero-order valence-electron chi connectivity index (χ0n) is 24.5. The van der Waals surface area contributed by atoms with Crippen molar-refractivity contribution in [3.8, 4) is 17.2 Å². The summed E-state index contributed by atoms with van der Waals surface area (Å²) < 4.78 is 22.4. The van der Waals surface area contributed by atoms with Crippen LogP contribution in [-0.4, -0.2) is 49.9 Å². The molecule has 3 aromatic rings. The number of benzene rings is 3. The summed E-state index contributed by atoms with van der Waals surface area (Å²) in [4.78, 5) is 24.6. The fourth-order valence-corrected chi connectivity index (χ4v) is 5.07. The number of halogens is 3. The Morgan fingerprint density at radius 1 is 1.04 bits per heavy atom. The number of hydrogen-bond donors (Lipinski definition) is 4. The van der Waals surface area contributed by atoms with Gasteiger partial charge in [0.05, 0.1) is 36.6 Å². The number of nitrogens with zero attached hydrogens (tertiary/aromatic N) is 1. The van der Waals surface area contributed by atoms with Crippen LogP contribution in [0.15, 0.2) is 71.0 Å². The number of allylic oxidation sites excluding steroid dienone is 1. The molecule has 0 unspecified atom stereocenters. The monoisotopic (exact) mass is 676 g/mol. The first-order chi connectivity index (χ1) is 21.6. The van der Waals surface area contributed by atoms with E-state index < -0.39 is 24.3 Å². The molecule has 238 valence electrons. The summed E-state index contributed by atoms with van der Waals surface area (Å²) in [5.74, 6) is 0.444. The third-order valence-electron chi connectivity index (χ3n) is 6.43. The van der Waals surface area contributed by atoms with Gasteiger partial charge in [-0.3, -0.25) is 5.43 Å². The van der Waals surface area contributed by atoms with Crippen molar-refractivity contribution in [2.45, 2.75) is 32.7 Å². The molecule has 0 saturated carbocycles. The smallest absolute Gasteiger partial charge is 0.337 e. The van der Waals surface area contributed by atoms with Gasteiger partial charge < -0.3 is 34.7 Å². The molecule has 2 amide bonds. The Morgan fingerprint density at radius 2 is 1.80 bits per heavy atom. The number of hydrogen-bond acceptors (Lipinski definition) is 9. The van der Waals surface area contributed by atoms with E-state index in [1.165, 1.54) is 13.3 Å². The van der Waals surface area contributed by atoms with E-state index in [9.17, 15) is 14.7 Å². The van der Waals surface area contributed by atoms with Crippen molar-refractivity contribution in [3.63, 3.8) is 0 Å². The number of carbonyl (C=O) groups excluding carboxylic acids is 2. The highest BCUT2D eigenvalue weighted by atomic mass is 35.5. The second-order valence-electron chi connectivity index (χ2n) is 9.64. The van der Waals surface area contributed by atoms with E-state index >= 15 is 0 Å². The molecule has 45 heavy (non-hydrogen) atoms. The zero-order chi connectivity index (χ0) is 32.5. The lowest BCUT2D eigenvalue weighted by Gasteiger charge is -2.28. The van der Waals surface area contributed by atoms with Gasteiger partial charge in [0.25, 0.3) is 0 Å². The fraction of sp³-hybridized carbons (Fsp3) is 0.258. The summed E-state index contributed by atoms with van der Waals surface area (Å²) in [5, 5.41) is 21.2. The molecule has 0 saturated heterocycles. The predicted molar refractivity (Wildman–Crippen MR) is 171 cm³/mol. The maximum Gasteiger partial charge on any atom is 0.337 e. The molecule has 0 radical (unpaired) electrons. The van der Waals surface area contributed by atoms with Gasteiger partial charge in [0.2, 0.25) is 0 Å². The van der Waals surface area contributed by atoms with Crippen molar-refractivity contribution in [2.75, 3.05) is 20.3 Å². The van der Waals surface area contributed by atoms with Crippen molar-refractivity contribution in [1.82, 2.24) is 16.1 Å². The summed E-state index contributed by atoms with van der Waals surface area (Å²) in [7, 11) is 1.27. The van der Waals surface area contributed by atoms with Gasteiger partial charge in [-0.25, -0.2) is 9.59 Å². The van der Waals surface area contributed by atoms with Gasteiger partial charge in [-0.1, -0.05) is 53.0 Å². The van der Waals surface area contributed by atoms with Crippen molar-refractivity contribution >= 4 is 53.0 Å². The van der Waals surface area contributed by atoms with Crippen LogP contribution in [0.3, 0.4) is 0 Å². The molecule has 4 N–H and O–H groups in total. The maximum absolute atomic E-state index is 12.5. The summed E-state index contributed by atoms with van der Waals surface area (Å²) in [5.41, 5.74) is 5.16. The number of ether oxygens (including phenoxy) is 4. The number of amides is 2. The molecule has 14 heteroatoms. The first-order valence-corrected chi connectivity index (χ1v) is 14.8. The Kier molecular flexibility index (Phi) is 11.8. The molecule has 0 bridgehead atoms. The first-order valence-electron chi connectivity index (χ1n) is 13.7. The van der Waals surface area contributed by atoms with Crippen LogP contribution in [0.2, 0.25) is 15.1 Å². The molecule has 1 aliphatic rings. The number of carbonyl (C=O) groups is 2. The molecule has 3 aromatic carbocycles. The lowest BCUT2D eigenvalue weighted by molar-refractivity contribution is -0.136. The van der Waals surface area contributed by atoms with Crippen molar-refractivity contribution in [1.29, 1.82) is 0 Å². The van der Waals surface area contributed by atoms with Crippen LogP contribution in [0.1, 0.15) is 36.6 Å². The molecule has 1 aliphatic heterocycles. The van der Waals surface area contributed by atoms with Crippen molar-refractivity contribution < 1.29 is 33.6 Å². The van der Waals surface area contributed by atoms with E-state index in [1.807, 2.05) is 12.1 Å². The summed E-state index contributed by atoms with van der Waals surface area (Å²) in [6.45, 7) is 3.75. The molecular weight excluding hydrogens is 647 g/mol. The number of hydrazone groups is 1. The van der Waals surface area contributed by atoms with E-state index in [0.29, 0.717) is 55.7 Å². The van der Waals surface area contributed by atoms with Gasteiger partial charge in [-0.2, -0.15) is 5.10 Å². The van der Waals surface area contributed by atoms with Crippen LogP contribution < -0.4 is 30.3 Å². The second kappa shape index (κ2) is 15.7. The van der Waals surface area contributed by atoms with Crippen LogP contribution >= 0.6 is 34.8 Å². The Balaban J connectivity index is 1.42. The number of aliphatic hydroxyl groups excluding tert-OH is 1.